The van der Waals surface area contributed by atoms with Crippen LogP contribution in [0.4, 0.5) is 0 Å². The largest absolute Gasteiger partial charge is 0.269 e. The second kappa shape index (κ2) is 5.95. The van der Waals surface area contributed by atoms with Crippen LogP contribution in [-0.2, 0) is 0 Å². The minimum absolute atomic E-state index is 0.152. The van der Waals surface area contributed by atoms with Crippen molar-refractivity contribution >= 4 is 40.0 Å². The monoisotopic (exact) mass is 330 g/mol. The highest BCUT2D eigenvalue weighted by Gasteiger charge is 2.07. The van der Waals surface area contributed by atoms with Gasteiger partial charge in [0.05, 0.1) is 10.7 Å². The van der Waals surface area contributed by atoms with E-state index in [9.17, 15) is 4.79 Å². The summed E-state index contributed by atoms with van der Waals surface area (Å²) in [7, 11) is 0. The molecule has 0 saturated carbocycles. The zero-order valence-corrected chi connectivity index (χ0v) is 13.3. The third kappa shape index (κ3) is 2.91. The van der Waals surface area contributed by atoms with Crippen LogP contribution in [-0.4, -0.2) is 9.38 Å². The van der Waals surface area contributed by atoms with E-state index in [1.54, 1.807) is 28.7 Å². The molecule has 22 heavy (non-hydrogen) atoms. The summed E-state index contributed by atoms with van der Waals surface area (Å²) in [4.78, 5) is 16.7. The van der Waals surface area contributed by atoms with Crippen LogP contribution in [0.3, 0.4) is 0 Å². The first-order chi connectivity index (χ1) is 10.5. The Bertz CT molecular complexity index is 928. The number of fused-ring (bicyclic) bond motifs is 1. The van der Waals surface area contributed by atoms with Gasteiger partial charge in [-0.15, -0.1) is 0 Å². The molecule has 0 radical (unpaired) electrons. The van der Waals surface area contributed by atoms with Crippen molar-refractivity contribution in [3.8, 4) is 0 Å². The number of aromatic nitrogens is 2. The van der Waals surface area contributed by atoms with Gasteiger partial charge in [-0.3, -0.25) is 9.20 Å². The van der Waals surface area contributed by atoms with Crippen molar-refractivity contribution in [3.63, 3.8) is 0 Å². The number of aryl methyl sites for hydroxylation is 1. The topological polar surface area (TPSA) is 34.4 Å². The Balaban J connectivity index is 2.10. The number of hydrogen-bond donors (Lipinski definition) is 0. The highest BCUT2D eigenvalue weighted by atomic mass is 35.5. The van der Waals surface area contributed by atoms with Crippen molar-refractivity contribution in [3.05, 3.63) is 80.9 Å². The van der Waals surface area contributed by atoms with Gasteiger partial charge < -0.3 is 0 Å². The van der Waals surface area contributed by atoms with Gasteiger partial charge in [0.25, 0.3) is 5.56 Å². The molecule has 0 amide bonds. The lowest BCUT2D eigenvalue weighted by atomic mass is 10.2. The Morgan fingerprint density at radius 3 is 2.64 bits per heavy atom. The lowest BCUT2D eigenvalue weighted by Crippen LogP contribution is -2.16. The smallest absolute Gasteiger partial charge is 0.258 e. The first-order valence-corrected chi connectivity index (χ1v) is 7.43. The predicted molar refractivity (Wildman–Crippen MR) is 91.4 cm³/mol. The van der Waals surface area contributed by atoms with Gasteiger partial charge in [-0.05, 0) is 42.8 Å². The van der Waals surface area contributed by atoms with Crippen LogP contribution in [0.25, 0.3) is 16.8 Å². The molecular formula is C17H12Cl2N2O. The average molecular weight is 331 g/mol. The first-order valence-electron chi connectivity index (χ1n) is 6.67. The second-order valence-corrected chi connectivity index (χ2v) is 5.73. The molecule has 0 aliphatic carbocycles. The summed E-state index contributed by atoms with van der Waals surface area (Å²) in [5, 5.41) is 1.06. The van der Waals surface area contributed by atoms with E-state index in [0.29, 0.717) is 21.4 Å². The van der Waals surface area contributed by atoms with Crippen molar-refractivity contribution < 1.29 is 0 Å². The Labute approximate surface area is 137 Å². The molecule has 3 nitrogen and oxygen atoms in total. The molecule has 1 aromatic carbocycles. The summed E-state index contributed by atoms with van der Waals surface area (Å²) < 4.78 is 1.55. The Morgan fingerprint density at radius 1 is 1.18 bits per heavy atom. The van der Waals surface area contributed by atoms with Gasteiger partial charge >= 0.3 is 0 Å². The van der Waals surface area contributed by atoms with E-state index in [-0.39, 0.29) is 5.56 Å². The number of rotatable bonds is 2. The molecule has 0 saturated heterocycles. The minimum Gasteiger partial charge on any atom is -0.269 e. The zero-order valence-electron chi connectivity index (χ0n) is 11.8. The van der Waals surface area contributed by atoms with Crippen LogP contribution in [0.2, 0.25) is 5.02 Å². The van der Waals surface area contributed by atoms with Crippen LogP contribution < -0.4 is 5.56 Å². The molecule has 3 rings (SSSR count). The zero-order chi connectivity index (χ0) is 15.7. The second-order valence-electron chi connectivity index (χ2n) is 4.88. The molecule has 0 fully saturated rings. The van der Waals surface area contributed by atoms with Crippen molar-refractivity contribution in [2.75, 3.05) is 0 Å². The molecule has 0 bridgehead atoms. The molecular weight excluding hydrogens is 319 g/mol. The van der Waals surface area contributed by atoms with E-state index in [4.69, 9.17) is 23.2 Å². The fourth-order valence-corrected chi connectivity index (χ4v) is 2.56. The van der Waals surface area contributed by atoms with Gasteiger partial charge in [0.2, 0.25) is 0 Å². The summed E-state index contributed by atoms with van der Waals surface area (Å²) in [5.74, 6) is 0. The van der Waals surface area contributed by atoms with Gasteiger partial charge in [0.1, 0.15) is 5.65 Å². The highest BCUT2D eigenvalue weighted by Crippen LogP contribution is 2.21. The van der Waals surface area contributed by atoms with Crippen molar-refractivity contribution in [2.24, 2.45) is 0 Å². The van der Waals surface area contributed by atoms with E-state index in [2.05, 4.69) is 4.98 Å². The summed E-state index contributed by atoms with van der Waals surface area (Å²) >= 11 is 12.2. The van der Waals surface area contributed by atoms with Crippen LogP contribution in [0, 0.1) is 6.92 Å². The van der Waals surface area contributed by atoms with Crippen molar-refractivity contribution in [1.29, 1.82) is 0 Å². The molecule has 0 atom stereocenters. The quantitative estimate of drug-likeness (QED) is 0.698. The van der Waals surface area contributed by atoms with Gasteiger partial charge in [0.15, 0.2) is 0 Å². The lowest BCUT2D eigenvalue weighted by molar-refractivity contribution is 0.986. The van der Waals surface area contributed by atoms with Crippen molar-refractivity contribution in [2.45, 2.75) is 6.92 Å². The molecule has 0 unspecified atom stereocenters. The molecule has 3 aromatic rings. The normalized spacial score (nSPS) is 11.9. The molecule has 2 heterocycles. The molecule has 0 spiro atoms. The van der Waals surface area contributed by atoms with E-state index < -0.39 is 0 Å². The fraction of sp³-hybridized carbons (Fsp3) is 0.0588. The number of halogens is 2. The summed E-state index contributed by atoms with van der Waals surface area (Å²) in [5.41, 5.74) is 2.60. The number of benzene rings is 1. The summed E-state index contributed by atoms with van der Waals surface area (Å²) in [6.45, 7) is 1.86. The van der Waals surface area contributed by atoms with Crippen LogP contribution in [0.5, 0.6) is 0 Å². The average Bonchev–Trinajstić information content (AvgIpc) is 2.49. The maximum absolute atomic E-state index is 12.2. The third-order valence-corrected chi connectivity index (χ3v) is 3.84. The standard InChI is InChI=1S/C17H12Cl2N2O/c1-11-3-2-4-16-20-15(10-17(22)21(11)16)14(19)9-12-5-7-13(18)8-6-12/h2-10H,1H3/b14-9-. The van der Waals surface area contributed by atoms with E-state index in [1.165, 1.54) is 6.07 Å². The highest BCUT2D eigenvalue weighted by molar-refractivity contribution is 6.51. The van der Waals surface area contributed by atoms with Crippen LogP contribution >= 0.6 is 23.2 Å². The molecule has 0 aliphatic heterocycles. The maximum atomic E-state index is 12.2. The van der Waals surface area contributed by atoms with E-state index >= 15 is 0 Å². The molecule has 2 aromatic heterocycles. The Kier molecular flexibility index (Phi) is 4.01. The van der Waals surface area contributed by atoms with Gasteiger partial charge in [-0.1, -0.05) is 41.4 Å². The van der Waals surface area contributed by atoms with Gasteiger partial charge in [-0.2, -0.15) is 0 Å². The van der Waals surface area contributed by atoms with E-state index in [0.717, 1.165) is 11.3 Å². The molecule has 0 N–H and O–H groups in total. The number of hydrogen-bond acceptors (Lipinski definition) is 2. The van der Waals surface area contributed by atoms with Crippen LogP contribution in [0.1, 0.15) is 17.0 Å². The Morgan fingerprint density at radius 2 is 1.91 bits per heavy atom. The summed E-state index contributed by atoms with van der Waals surface area (Å²) in [6, 6.07) is 14.2. The van der Waals surface area contributed by atoms with E-state index in [1.807, 2.05) is 31.2 Å². The first kappa shape index (κ1) is 14.8. The van der Waals surface area contributed by atoms with Crippen LogP contribution in [0.15, 0.2) is 53.3 Å². The summed E-state index contributed by atoms with van der Waals surface area (Å²) in [6.07, 6.45) is 1.76. The molecule has 0 aliphatic rings. The lowest BCUT2D eigenvalue weighted by Gasteiger charge is -2.06. The van der Waals surface area contributed by atoms with Gasteiger partial charge in [0, 0.05) is 16.8 Å². The minimum atomic E-state index is -0.152. The number of pyridine rings is 1. The SMILES string of the molecule is Cc1cccc2nc(/C(Cl)=C/c3ccc(Cl)cc3)cc(=O)n12. The third-order valence-electron chi connectivity index (χ3n) is 3.29. The number of nitrogens with zero attached hydrogens (tertiary/aromatic N) is 2. The fourth-order valence-electron chi connectivity index (χ4n) is 2.22. The molecule has 110 valence electrons. The van der Waals surface area contributed by atoms with Crippen molar-refractivity contribution in [1.82, 2.24) is 9.38 Å². The van der Waals surface area contributed by atoms with Gasteiger partial charge in [-0.25, -0.2) is 4.98 Å². The molecule has 5 heteroatoms. The maximum Gasteiger partial charge on any atom is 0.258 e. The Hall–Kier alpha value is -2.10. The predicted octanol–water partition coefficient (Wildman–Crippen LogP) is 4.39.